The number of aromatic carboxylic acids is 1. The van der Waals surface area contributed by atoms with Gasteiger partial charge in [0.15, 0.2) is 0 Å². The van der Waals surface area contributed by atoms with Crippen LogP contribution in [0.1, 0.15) is 21.6 Å². The normalized spacial score (nSPS) is 11.0. The molecular weight excluding hydrogens is 286 g/mol. The van der Waals surface area contributed by atoms with Gasteiger partial charge in [-0.1, -0.05) is 54.1 Å². The second kappa shape index (κ2) is 5.26. The monoisotopic (exact) mass is 299 g/mol. The van der Waals surface area contributed by atoms with E-state index in [1.54, 1.807) is 10.6 Å². The summed E-state index contributed by atoms with van der Waals surface area (Å²) in [5.74, 6) is -0.935. The van der Waals surface area contributed by atoms with Gasteiger partial charge in [-0.25, -0.2) is 4.79 Å². The summed E-state index contributed by atoms with van der Waals surface area (Å²) < 4.78 is 1.78. The van der Waals surface area contributed by atoms with Crippen molar-refractivity contribution in [3.8, 4) is 0 Å². The van der Waals surface area contributed by atoms with Gasteiger partial charge in [0.05, 0.1) is 10.5 Å². The van der Waals surface area contributed by atoms with Crippen molar-refractivity contribution in [3.63, 3.8) is 0 Å². The third-order valence-electron chi connectivity index (χ3n) is 3.67. The van der Waals surface area contributed by atoms with Crippen LogP contribution in [-0.4, -0.2) is 15.6 Å². The number of hydrogen-bond acceptors (Lipinski definition) is 1. The minimum atomic E-state index is -0.935. The number of carbonyl (C=O) groups is 1. The first kappa shape index (κ1) is 13.7. The van der Waals surface area contributed by atoms with Gasteiger partial charge < -0.3 is 9.67 Å². The molecule has 0 saturated heterocycles. The summed E-state index contributed by atoms with van der Waals surface area (Å²) in [5, 5.41) is 11.0. The molecule has 0 aliphatic carbocycles. The number of benzene rings is 2. The molecule has 4 heteroatoms. The second-order valence-corrected chi connectivity index (χ2v) is 5.39. The third-order valence-corrected chi connectivity index (χ3v) is 3.98. The van der Waals surface area contributed by atoms with Crippen molar-refractivity contribution in [1.82, 2.24) is 4.57 Å². The first-order valence-electron chi connectivity index (χ1n) is 6.64. The molecule has 0 bridgehead atoms. The van der Waals surface area contributed by atoms with Gasteiger partial charge >= 0.3 is 5.97 Å². The Labute approximate surface area is 127 Å². The van der Waals surface area contributed by atoms with Crippen LogP contribution in [0.3, 0.4) is 0 Å². The molecule has 0 spiro atoms. The van der Waals surface area contributed by atoms with E-state index in [2.05, 4.69) is 0 Å². The Morgan fingerprint density at radius 3 is 2.52 bits per heavy atom. The number of para-hydroxylation sites is 1. The lowest BCUT2D eigenvalue weighted by molar-refractivity contribution is 0.0685. The van der Waals surface area contributed by atoms with E-state index < -0.39 is 5.97 Å². The van der Waals surface area contributed by atoms with Crippen molar-refractivity contribution in [2.45, 2.75) is 13.5 Å². The van der Waals surface area contributed by atoms with Crippen LogP contribution in [0, 0.1) is 6.92 Å². The van der Waals surface area contributed by atoms with Crippen molar-refractivity contribution in [1.29, 1.82) is 0 Å². The SMILES string of the molecule is Cc1c(C(=O)O)n(Cc2ccccc2)c2c(Cl)cccc12. The summed E-state index contributed by atoms with van der Waals surface area (Å²) in [6, 6.07) is 15.3. The molecule has 0 fully saturated rings. The molecule has 1 N–H and O–H groups in total. The Morgan fingerprint density at radius 1 is 1.14 bits per heavy atom. The Morgan fingerprint density at radius 2 is 1.86 bits per heavy atom. The van der Waals surface area contributed by atoms with Crippen molar-refractivity contribution in [2.24, 2.45) is 0 Å². The number of halogens is 1. The summed E-state index contributed by atoms with van der Waals surface area (Å²) in [5.41, 5.74) is 2.85. The first-order chi connectivity index (χ1) is 10.1. The van der Waals surface area contributed by atoms with Crippen LogP contribution in [0.15, 0.2) is 48.5 Å². The molecule has 1 heterocycles. The van der Waals surface area contributed by atoms with Crippen LogP contribution in [0.2, 0.25) is 5.02 Å². The highest BCUT2D eigenvalue weighted by atomic mass is 35.5. The zero-order valence-corrected chi connectivity index (χ0v) is 12.3. The fraction of sp³-hybridized carbons (Fsp3) is 0.118. The van der Waals surface area contributed by atoms with Gasteiger partial charge in [0.2, 0.25) is 0 Å². The molecule has 3 aromatic rings. The highest BCUT2D eigenvalue weighted by Crippen LogP contribution is 2.31. The molecule has 0 aliphatic rings. The zero-order valence-electron chi connectivity index (χ0n) is 11.5. The van der Waals surface area contributed by atoms with Crippen LogP contribution < -0.4 is 0 Å². The third kappa shape index (κ3) is 2.30. The zero-order chi connectivity index (χ0) is 15.0. The van der Waals surface area contributed by atoms with E-state index in [-0.39, 0.29) is 0 Å². The van der Waals surface area contributed by atoms with Crippen LogP contribution in [0.5, 0.6) is 0 Å². The Hall–Kier alpha value is -2.26. The van der Waals surface area contributed by atoms with Crippen molar-refractivity contribution in [3.05, 3.63) is 70.4 Å². The summed E-state index contributed by atoms with van der Waals surface area (Å²) in [7, 11) is 0. The number of carboxylic acids is 1. The molecule has 1 aromatic heterocycles. The summed E-state index contributed by atoms with van der Waals surface area (Å²) in [4.78, 5) is 11.6. The first-order valence-corrected chi connectivity index (χ1v) is 7.02. The fourth-order valence-corrected chi connectivity index (χ4v) is 3.01. The molecule has 3 nitrogen and oxygen atoms in total. The summed E-state index contributed by atoms with van der Waals surface area (Å²) in [6.07, 6.45) is 0. The topological polar surface area (TPSA) is 42.2 Å². The minimum absolute atomic E-state index is 0.293. The van der Waals surface area contributed by atoms with Gasteiger partial charge in [-0.3, -0.25) is 0 Å². The molecule has 3 rings (SSSR count). The lowest BCUT2D eigenvalue weighted by atomic mass is 10.1. The largest absolute Gasteiger partial charge is 0.477 e. The molecule has 0 radical (unpaired) electrons. The smallest absolute Gasteiger partial charge is 0.352 e. The summed E-state index contributed by atoms with van der Waals surface area (Å²) >= 11 is 6.30. The number of hydrogen-bond donors (Lipinski definition) is 1. The highest BCUT2D eigenvalue weighted by molar-refractivity contribution is 6.35. The lowest BCUT2D eigenvalue weighted by Crippen LogP contribution is -2.10. The summed E-state index contributed by atoms with van der Waals surface area (Å²) in [6.45, 7) is 2.31. The van der Waals surface area contributed by atoms with Crippen LogP contribution in [0.4, 0.5) is 0 Å². The molecule has 106 valence electrons. The molecule has 0 aliphatic heterocycles. The molecule has 0 saturated carbocycles. The van der Waals surface area contributed by atoms with E-state index in [9.17, 15) is 9.90 Å². The van der Waals surface area contributed by atoms with Gasteiger partial charge in [0, 0.05) is 11.9 Å². The molecule has 2 aromatic carbocycles. The number of rotatable bonds is 3. The van der Waals surface area contributed by atoms with Crippen molar-refractivity contribution >= 4 is 28.5 Å². The van der Waals surface area contributed by atoms with Gasteiger partial charge in [0.25, 0.3) is 0 Å². The maximum absolute atomic E-state index is 11.6. The van der Waals surface area contributed by atoms with E-state index in [1.807, 2.05) is 49.4 Å². The average molecular weight is 300 g/mol. The van der Waals surface area contributed by atoms with Gasteiger partial charge in [-0.05, 0) is 24.1 Å². The molecular formula is C17H14ClNO2. The number of aryl methyl sites for hydroxylation is 1. The van der Waals surface area contributed by atoms with Gasteiger partial charge in [0.1, 0.15) is 5.69 Å². The number of nitrogens with zero attached hydrogens (tertiary/aromatic N) is 1. The Bertz CT molecular complexity index is 822. The number of fused-ring (bicyclic) bond motifs is 1. The van der Waals surface area contributed by atoms with Crippen molar-refractivity contribution < 1.29 is 9.90 Å². The Kier molecular flexibility index (Phi) is 3.43. The predicted octanol–water partition coefficient (Wildman–Crippen LogP) is 4.35. The Balaban J connectivity index is 2.29. The number of carboxylic acid groups (broad SMARTS) is 1. The van der Waals surface area contributed by atoms with Crippen LogP contribution >= 0.6 is 11.6 Å². The standard InChI is InChI=1S/C17H14ClNO2/c1-11-13-8-5-9-14(18)16(13)19(15(11)17(20)21)10-12-6-3-2-4-7-12/h2-9H,10H2,1H3,(H,20,21). The predicted molar refractivity (Wildman–Crippen MR) is 84.2 cm³/mol. The maximum atomic E-state index is 11.6. The molecule has 21 heavy (non-hydrogen) atoms. The van der Waals surface area contributed by atoms with Gasteiger partial charge in [-0.2, -0.15) is 0 Å². The fourth-order valence-electron chi connectivity index (χ4n) is 2.73. The average Bonchev–Trinajstić information content (AvgIpc) is 2.74. The van der Waals surface area contributed by atoms with Crippen LogP contribution in [-0.2, 0) is 6.54 Å². The van der Waals surface area contributed by atoms with Crippen molar-refractivity contribution in [2.75, 3.05) is 0 Å². The van der Waals surface area contributed by atoms with Crippen LogP contribution in [0.25, 0.3) is 10.9 Å². The molecule has 0 unspecified atom stereocenters. The van der Waals surface area contributed by atoms with E-state index in [4.69, 9.17) is 11.6 Å². The molecule has 0 atom stereocenters. The van der Waals surface area contributed by atoms with E-state index in [0.29, 0.717) is 17.3 Å². The maximum Gasteiger partial charge on any atom is 0.352 e. The van der Waals surface area contributed by atoms with Gasteiger partial charge in [-0.15, -0.1) is 0 Å². The minimum Gasteiger partial charge on any atom is -0.477 e. The highest BCUT2D eigenvalue weighted by Gasteiger charge is 2.21. The van der Waals surface area contributed by atoms with E-state index in [0.717, 1.165) is 22.0 Å². The van der Waals surface area contributed by atoms with E-state index in [1.165, 1.54) is 0 Å². The quantitative estimate of drug-likeness (QED) is 0.781. The van der Waals surface area contributed by atoms with E-state index >= 15 is 0 Å². The second-order valence-electron chi connectivity index (χ2n) is 4.99. The number of aromatic nitrogens is 1. The molecule has 0 amide bonds. The lowest BCUT2D eigenvalue weighted by Gasteiger charge is -2.09.